The highest BCUT2D eigenvalue weighted by Crippen LogP contribution is 2.30. The molecule has 1 heterocycles. The van der Waals surface area contributed by atoms with E-state index in [0.717, 1.165) is 0 Å². The summed E-state index contributed by atoms with van der Waals surface area (Å²) in [5, 5.41) is 11.5. The van der Waals surface area contributed by atoms with Crippen LogP contribution < -0.4 is 5.32 Å². The van der Waals surface area contributed by atoms with Crippen molar-refractivity contribution in [3.63, 3.8) is 0 Å². The molecule has 0 aromatic heterocycles. The molecule has 0 aliphatic carbocycles. The number of carboxylic acid groups (broad SMARTS) is 1. The maximum absolute atomic E-state index is 12.4. The van der Waals surface area contributed by atoms with Crippen LogP contribution in [0.15, 0.2) is 0 Å². The molecular weight excluding hydrogens is 344 g/mol. The van der Waals surface area contributed by atoms with Crippen LogP contribution in [0.5, 0.6) is 0 Å². The zero-order valence-electron chi connectivity index (χ0n) is 15.7. The molecule has 1 saturated heterocycles. The Labute approximate surface area is 153 Å². The Morgan fingerprint density at radius 3 is 2.23 bits per heavy atom. The lowest BCUT2D eigenvalue weighted by atomic mass is 9.80. The number of aldehydes is 1. The first-order valence-electron chi connectivity index (χ1n) is 8.54. The highest BCUT2D eigenvalue weighted by atomic mass is 16.6. The molecule has 26 heavy (non-hydrogen) atoms. The third-order valence-electron chi connectivity index (χ3n) is 4.27. The molecule has 0 aromatic rings. The van der Waals surface area contributed by atoms with E-state index in [4.69, 9.17) is 14.6 Å². The molecule has 1 fully saturated rings. The molecule has 0 aromatic carbocycles. The Hall–Kier alpha value is -2.32. The van der Waals surface area contributed by atoms with Crippen LogP contribution in [0.25, 0.3) is 0 Å². The number of carbonyl (C=O) groups excluding carboxylic acids is 3. The quantitative estimate of drug-likeness (QED) is 0.538. The van der Waals surface area contributed by atoms with Gasteiger partial charge in [0.1, 0.15) is 17.4 Å². The molecule has 2 amide bonds. The van der Waals surface area contributed by atoms with Crippen molar-refractivity contribution in [2.24, 2.45) is 5.92 Å². The van der Waals surface area contributed by atoms with Gasteiger partial charge >= 0.3 is 18.2 Å². The Morgan fingerprint density at radius 1 is 1.23 bits per heavy atom. The number of carbonyl (C=O) groups is 4. The minimum atomic E-state index is -1.53. The SMILES string of the molecule is COC(=O)C(CC=O)(CC1CCN(C(=O)O)CC1)NC(=O)OC(C)(C)C. The lowest BCUT2D eigenvalue weighted by Gasteiger charge is -2.37. The van der Waals surface area contributed by atoms with Crippen molar-refractivity contribution >= 4 is 24.4 Å². The van der Waals surface area contributed by atoms with Crippen molar-refractivity contribution in [1.29, 1.82) is 0 Å². The van der Waals surface area contributed by atoms with Gasteiger partial charge in [0, 0.05) is 19.5 Å². The predicted molar refractivity (Wildman–Crippen MR) is 91.7 cm³/mol. The molecule has 148 valence electrons. The average molecular weight is 372 g/mol. The minimum Gasteiger partial charge on any atom is -0.467 e. The van der Waals surface area contributed by atoms with Gasteiger partial charge in [-0.05, 0) is 46.0 Å². The fraction of sp³-hybridized carbons (Fsp3) is 0.765. The van der Waals surface area contributed by atoms with Gasteiger partial charge in [0.05, 0.1) is 7.11 Å². The summed E-state index contributed by atoms with van der Waals surface area (Å²) >= 11 is 0. The topological polar surface area (TPSA) is 122 Å². The number of esters is 1. The fourth-order valence-electron chi connectivity index (χ4n) is 3.06. The van der Waals surface area contributed by atoms with Gasteiger partial charge in [-0.15, -0.1) is 0 Å². The van der Waals surface area contributed by atoms with Crippen molar-refractivity contribution in [2.45, 2.75) is 57.6 Å². The summed E-state index contributed by atoms with van der Waals surface area (Å²) in [6.07, 6.45) is -0.265. The molecular formula is C17H28N2O7. The number of hydrogen-bond acceptors (Lipinski definition) is 6. The highest BCUT2D eigenvalue weighted by molar-refractivity contribution is 5.88. The van der Waals surface area contributed by atoms with E-state index in [1.165, 1.54) is 12.0 Å². The maximum atomic E-state index is 12.4. The van der Waals surface area contributed by atoms with E-state index in [0.29, 0.717) is 32.2 Å². The van der Waals surface area contributed by atoms with Gasteiger partial charge in [0.25, 0.3) is 0 Å². The molecule has 9 nitrogen and oxygen atoms in total. The van der Waals surface area contributed by atoms with Crippen LogP contribution in [0.2, 0.25) is 0 Å². The van der Waals surface area contributed by atoms with Crippen molar-refractivity contribution in [1.82, 2.24) is 10.2 Å². The molecule has 0 radical (unpaired) electrons. The van der Waals surface area contributed by atoms with E-state index in [9.17, 15) is 19.2 Å². The van der Waals surface area contributed by atoms with Gasteiger partial charge in [0.15, 0.2) is 0 Å². The highest BCUT2D eigenvalue weighted by Gasteiger charge is 2.44. The van der Waals surface area contributed by atoms with Crippen molar-refractivity contribution in [3.8, 4) is 0 Å². The lowest BCUT2D eigenvalue weighted by molar-refractivity contribution is -0.150. The second-order valence-corrected chi connectivity index (χ2v) is 7.49. The molecule has 1 unspecified atom stereocenters. The zero-order valence-corrected chi connectivity index (χ0v) is 15.7. The van der Waals surface area contributed by atoms with Crippen molar-refractivity contribution in [3.05, 3.63) is 0 Å². The summed E-state index contributed by atoms with van der Waals surface area (Å²) in [7, 11) is 1.19. The average Bonchev–Trinajstić information content (AvgIpc) is 2.52. The Balaban J connectivity index is 2.93. The second-order valence-electron chi connectivity index (χ2n) is 7.49. The summed E-state index contributed by atoms with van der Waals surface area (Å²) in [6, 6.07) is 0. The number of nitrogens with zero attached hydrogens (tertiary/aromatic N) is 1. The summed E-state index contributed by atoms with van der Waals surface area (Å²) in [6.45, 7) is 5.74. The number of amides is 2. The fourth-order valence-corrected chi connectivity index (χ4v) is 3.06. The normalized spacial score (nSPS) is 17.8. The van der Waals surface area contributed by atoms with Gasteiger partial charge in [-0.25, -0.2) is 14.4 Å². The lowest BCUT2D eigenvalue weighted by Crippen LogP contribution is -2.57. The van der Waals surface area contributed by atoms with Crippen LogP contribution in [0, 0.1) is 5.92 Å². The predicted octanol–water partition coefficient (Wildman–Crippen LogP) is 1.79. The van der Waals surface area contributed by atoms with Gasteiger partial charge in [0.2, 0.25) is 0 Å². The van der Waals surface area contributed by atoms with E-state index in [1.54, 1.807) is 20.8 Å². The third kappa shape index (κ3) is 6.20. The van der Waals surface area contributed by atoms with Gasteiger partial charge in [-0.2, -0.15) is 0 Å². The first kappa shape index (κ1) is 21.7. The number of likely N-dealkylation sites (tertiary alicyclic amines) is 1. The first-order chi connectivity index (χ1) is 12.0. The molecule has 2 N–H and O–H groups in total. The molecule has 1 rings (SSSR count). The summed E-state index contributed by atoms with van der Waals surface area (Å²) in [4.78, 5) is 48.1. The summed E-state index contributed by atoms with van der Waals surface area (Å²) in [5.41, 5.74) is -2.30. The van der Waals surface area contributed by atoms with Crippen molar-refractivity contribution < 1.29 is 33.8 Å². The van der Waals surface area contributed by atoms with Crippen LogP contribution in [0.3, 0.4) is 0 Å². The molecule has 1 aliphatic heterocycles. The van der Waals surface area contributed by atoms with Crippen LogP contribution >= 0.6 is 0 Å². The molecule has 9 heteroatoms. The van der Waals surface area contributed by atoms with Gasteiger partial charge in [-0.1, -0.05) is 0 Å². The Morgan fingerprint density at radius 2 is 1.81 bits per heavy atom. The number of ether oxygens (including phenoxy) is 2. The monoisotopic (exact) mass is 372 g/mol. The first-order valence-corrected chi connectivity index (χ1v) is 8.54. The Kier molecular flexibility index (Phi) is 7.41. The van der Waals surface area contributed by atoms with Crippen LogP contribution in [-0.2, 0) is 19.1 Å². The number of methoxy groups -OCH3 is 1. The maximum Gasteiger partial charge on any atom is 0.408 e. The van der Waals surface area contributed by atoms with E-state index in [-0.39, 0.29) is 18.8 Å². The van der Waals surface area contributed by atoms with Crippen LogP contribution in [-0.4, -0.2) is 65.8 Å². The molecule has 0 bridgehead atoms. The number of nitrogens with one attached hydrogen (secondary N) is 1. The molecule has 0 saturated carbocycles. The number of piperidine rings is 1. The van der Waals surface area contributed by atoms with E-state index >= 15 is 0 Å². The molecule has 1 aliphatic rings. The zero-order chi connectivity index (χ0) is 20.0. The molecule has 0 spiro atoms. The number of hydrogen-bond donors (Lipinski definition) is 2. The smallest absolute Gasteiger partial charge is 0.408 e. The van der Waals surface area contributed by atoms with E-state index in [2.05, 4.69) is 5.32 Å². The summed E-state index contributed by atoms with van der Waals surface area (Å²) in [5.74, 6) is -0.768. The minimum absolute atomic E-state index is 0.0420. The summed E-state index contributed by atoms with van der Waals surface area (Å²) < 4.78 is 10.0. The Bertz CT molecular complexity index is 536. The largest absolute Gasteiger partial charge is 0.467 e. The van der Waals surface area contributed by atoms with Crippen LogP contribution in [0.1, 0.15) is 46.5 Å². The van der Waals surface area contributed by atoms with Gasteiger partial charge in [-0.3, -0.25) is 0 Å². The number of rotatable bonds is 6. The van der Waals surface area contributed by atoms with Crippen molar-refractivity contribution in [2.75, 3.05) is 20.2 Å². The van der Waals surface area contributed by atoms with E-state index in [1.807, 2.05) is 0 Å². The molecule has 1 atom stereocenters. The third-order valence-corrected chi connectivity index (χ3v) is 4.27. The van der Waals surface area contributed by atoms with Gasteiger partial charge < -0.3 is 29.6 Å². The number of alkyl carbamates (subject to hydrolysis) is 1. The van der Waals surface area contributed by atoms with E-state index < -0.39 is 29.3 Å². The van der Waals surface area contributed by atoms with Crippen LogP contribution in [0.4, 0.5) is 9.59 Å². The standard InChI is InChI=1S/C17H28N2O7/c1-16(2,3)26-14(22)18-17(7-10-20,13(21)25-4)11-12-5-8-19(9-6-12)15(23)24/h10,12H,5-9,11H2,1-4H3,(H,18,22)(H,23,24). The second kappa shape index (κ2) is 8.86.